The summed E-state index contributed by atoms with van der Waals surface area (Å²) in [7, 11) is 0. The second-order valence-electron chi connectivity index (χ2n) is 6.66. The van der Waals surface area contributed by atoms with Gasteiger partial charge in [0.05, 0.1) is 13.2 Å². The van der Waals surface area contributed by atoms with Crippen molar-refractivity contribution >= 4 is 5.69 Å². The van der Waals surface area contributed by atoms with Gasteiger partial charge in [0.25, 0.3) is 0 Å². The second-order valence-corrected chi connectivity index (χ2v) is 6.66. The van der Waals surface area contributed by atoms with Gasteiger partial charge in [-0.05, 0) is 36.5 Å². The highest BCUT2D eigenvalue weighted by molar-refractivity contribution is 5.47. The number of aryl methyl sites for hydroxylation is 1. The van der Waals surface area contributed by atoms with Crippen molar-refractivity contribution in [2.45, 2.75) is 51.4 Å². The lowest BCUT2D eigenvalue weighted by atomic mass is 9.85. The lowest BCUT2D eigenvalue weighted by Gasteiger charge is -2.29. The summed E-state index contributed by atoms with van der Waals surface area (Å²) in [4.78, 5) is 2.43. The van der Waals surface area contributed by atoms with Crippen LogP contribution in [0.2, 0.25) is 0 Å². The summed E-state index contributed by atoms with van der Waals surface area (Å²) in [5.41, 5.74) is 2.86. The van der Waals surface area contributed by atoms with E-state index in [-0.39, 0.29) is 0 Å². The predicted octanol–water partition coefficient (Wildman–Crippen LogP) is 4.43. The first-order valence-electron chi connectivity index (χ1n) is 8.83. The Morgan fingerprint density at radius 3 is 2.38 bits per heavy atom. The molecule has 2 nitrogen and oxygen atoms in total. The molecule has 0 unspecified atom stereocenters. The van der Waals surface area contributed by atoms with Crippen molar-refractivity contribution in [3.05, 3.63) is 29.8 Å². The van der Waals surface area contributed by atoms with Crippen LogP contribution in [0.3, 0.4) is 0 Å². The van der Waals surface area contributed by atoms with Crippen molar-refractivity contribution in [3.8, 4) is 0 Å². The Labute approximate surface area is 129 Å². The first kappa shape index (κ1) is 14.9. The maximum atomic E-state index is 5.41. The predicted molar refractivity (Wildman–Crippen MR) is 89.0 cm³/mol. The number of anilines is 1. The van der Waals surface area contributed by atoms with Gasteiger partial charge in [-0.1, -0.05) is 50.7 Å². The maximum Gasteiger partial charge on any atom is 0.0642 e. The minimum absolute atomic E-state index is 0.864. The molecule has 0 radical (unpaired) electrons. The molecule has 1 aliphatic heterocycles. The Bertz CT molecular complexity index is 402. The molecule has 1 aliphatic carbocycles. The minimum atomic E-state index is 0.864. The van der Waals surface area contributed by atoms with Crippen LogP contribution in [0, 0.1) is 5.92 Å². The van der Waals surface area contributed by atoms with Gasteiger partial charge in [-0.25, -0.2) is 0 Å². The molecule has 1 aromatic rings. The maximum absolute atomic E-state index is 5.41. The van der Waals surface area contributed by atoms with Gasteiger partial charge in [-0.3, -0.25) is 0 Å². The fraction of sp³-hybridized carbons (Fsp3) is 0.684. The molecular weight excluding hydrogens is 258 g/mol. The zero-order chi connectivity index (χ0) is 14.3. The quantitative estimate of drug-likeness (QED) is 0.794. The van der Waals surface area contributed by atoms with Crippen LogP contribution in [-0.2, 0) is 11.2 Å². The topological polar surface area (TPSA) is 12.5 Å². The van der Waals surface area contributed by atoms with E-state index in [1.807, 2.05) is 0 Å². The van der Waals surface area contributed by atoms with Gasteiger partial charge in [0, 0.05) is 18.8 Å². The summed E-state index contributed by atoms with van der Waals surface area (Å²) in [6, 6.07) is 9.24. The summed E-state index contributed by atoms with van der Waals surface area (Å²) in [6.07, 6.45) is 11.4. The summed E-state index contributed by atoms with van der Waals surface area (Å²) < 4.78 is 5.41. The average Bonchev–Trinajstić information content (AvgIpc) is 2.57. The molecule has 21 heavy (non-hydrogen) atoms. The fourth-order valence-electron chi connectivity index (χ4n) is 3.77. The van der Waals surface area contributed by atoms with Crippen LogP contribution in [0.4, 0.5) is 5.69 Å². The standard InChI is InChI=1S/C19H29NO/c1-2-5-17(6-3-1)7-4-8-18-9-11-19(12-10-18)20-13-15-21-16-14-20/h9-12,17H,1-8,13-16H2. The van der Waals surface area contributed by atoms with Gasteiger partial charge in [0.1, 0.15) is 0 Å². The molecule has 2 fully saturated rings. The van der Waals surface area contributed by atoms with Crippen molar-refractivity contribution in [1.29, 1.82) is 0 Å². The Balaban J connectivity index is 1.43. The Morgan fingerprint density at radius 1 is 0.952 bits per heavy atom. The third kappa shape index (κ3) is 4.47. The molecule has 1 saturated carbocycles. The number of nitrogens with zero attached hydrogens (tertiary/aromatic N) is 1. The highest BCUT2D eigenvalue weighted by Crippen LogP contribution is 2.28. The summed E-state index contributed by atoms with van der Waals surface area (Å²) in [6.45, 7) is 3.79. The average molecular weight is 287 g/mol. The molecular formula is C19H29NO. The zero-order valence-electron chi connectivity index (χ0n) is 13.2. The van der Waals surface area contributed by atoms with E-state index >= 15 is 0 Å². The molecule has 0 aromatic heterocycles. The first-order valence-corrected chi connectivity index (χ1v) is 8.83. The van der Waals surface area contributed by atoms with E-state index in [9.17, 15) is 0 Å². The van der Waals surface area contributed by atoms with Crippen LogP contribution in [0.1, 0.15) is 50.5 Å². The molecule has 1 aromatic carbocycles. The molecule has 0 atom stereocenters. The summed E-state index contributed by atoms with van der Waals surface area (Å²) in [5, 5.41) is 0. The van der Waals surface area contributed by atoms with Crippen molar-refractivity contribution in [3.63, 3.8) is 0 Å². The van der Waals surface area contributed by atoms with Crippen molar-refractivity contribution in [1.82, 2.24) is 0 Å². The normalized spacial score (nSPS) is 20.7. The van der Waals surface area contributed by atoms with E-state index in [0.29, 0.717) is 0 Å². The second kappa shape index (κ2) is 7.84. The van der Waals surface area contributed by atoms with E-state index < -0.39 is 0 Å². The van der Waals surface area contributed by atoms with Crippen LogP contribution < -0.4 is 4.90 Å². The third-order valence-corrected chi connectivity index (χ3v) is 5.12. The number of rotatable bonds is 5. The van der Waals surface area contributed by atoms with Crippen molar-refractivity contribution in [2.75, 3.05) is 31.2 Å². The van der Waals surface area contributed by atoms with Crippen LogP contribution in [0.15, 0.2) is 24.3 Å². The number of benzene rings is 1. The van der Waals surface area contributed by atoms with Crippen LogP contribution in [0.5, 0.6) is 0 Å². The molecule has 0 spiro atoms. The monoisotopic (exact) mass is 287 g/mol. The first-order chi connectivity index (χ1) is 10.4. The Kier molecular flexibility index (Phi) is 5.56. The van der Waals surface area contributed by atoms with Gasteiger partial charge >= 0.3 is 0 Å². The van der Waals surface area contributed by atoms with Gasteiger partial charge in [-0.2, -0.15) is 0 Å². The van der Waals surface area contributed by atoms with E-state index in [4.69, 9.17) is 4.74 Å². The molecule has 1 saturated heterocycles. The lowest BCUT2D eigenvalue weighted by Crippen LogP contribution is -2.36. The number of ether oxygens (including phenoxy) is 1. The van der Waals surface area contributed by atoms with E-state index in [0.717, 1.165) is 32.2 Å². The number of hydrogen-bond donors (Lipinski definition) is 0. The zero-order valence-corrected chi connectivity index (χ0v) is 13.2. The van der Waals surface area contributed by atoms with E-state index in [1.165, 1.54) is 62.6 Å². The Morgan fingerprint density at radius 2 is 1.67 bits per heavy atom. The summed E-state index contributed by atoms with van der Waals surface area (Å²) >= 11 is 0. The van der Waals surface area contributed by atoms with Crippen LogP contribution in [-0.4, -0.2) is 26.3 Å². The van der Waals surface area contributed by atoms with E-state index in [1.54, 1.807) is 0 Å². The molecule has 0 bridgehead atoms. The molecule has 3 rings (SSSR count). The summed E-state index contributed by atoms with van der Waals surface area (Å²) in [5.74, 6) is 1.02. The molecule has 0 amide bonds. The largest absolute Gasteiger partial charge is 0.378 e. The molecule has 1 heterocycles. The van der Waals surface area contributed by atoms with E-state index in [2.05, 4.69) is 29.2 Å². The van der Waals surface area contributed by atoms with Gasteiger partial charge in [-0.15, -0.1) is 0 Å². The van der Waals surface area contributed by atoms with Crippen LogP contribution >= 0.6 is 0 Å². The van der Waals surface area contributed by atoms with Crippen molar-refractivity contribution < 1.29 is 4.74 Å². The SMILES string of the molecule is c1cc(N2CCOCC2)ccc1CCCC1CCCCC1. The molecule has 0 N–H and O–H groups in total. The van der Waals surface area contributed by atoms with Crippen LogP contribution in [0.25, 0.3) is 0 Å². The molecule has 2 aliphatic rings. The Hall–Kier alpha value is -1.02. The minimum Gasteiger partial charge on any atom is -0.378 e. The van der Waals surface area contributed by atoms with Gasteiger partial charge in [0.2, 0.25) is 0 Å². The third-order valence-electron chi connectivity index (χ3n) is 5.12. The fourth-order valence-corrected chi connectivity index (χ4v) is 3.77. The number of morpholine rings is 1. The molecule has 116 valence electrons. The highest BCUT2D eigenvalue weighted by Gasteiger charge is 2.13. The number of hydrogen-bond acceptors (Lipinski definition) is 2. The highest BCUT2D eigenvalue weighted by atomic mass is 16.5. The smallest absolute Gasteiger partial charge is 0.0642 e. The van der Waals surface area contributed by atoms with Gasteiger partial charge < -0.3 is 9.64 Å². The van der Waals surface area contributed by atoms with Gasteiger partial charge in [0.15, 0.2) is 0 Å². The van der Waals surface area contributed by atoms with Crippen molar-refractivity contribution in [2.24, 2.45) is 5.92 Å². The molecule has 2 heteroatoms. The lowest BCUT2D eigenvalue weighted by molar-refractivity contribution is 0.122.